The van der Waals surface area contributed by atoms with Crippen LogP contribution in [0.25, 0.3) is 0 Å². The molecule has 1 aliphatic rings. The lowest BCUT2D eigenvalue weighted by atomic mass is 10.1. The Morgan fingerprint density at radius 1 is 1.16 bits per heavy atom. The third kappa shape index (κ3) is 4.96. The maximum Gasteiger partial charge on any atom is 0.216 e. The van der Waals surface area contributed by atoms with Crippen molar-refractivity contribution in [3.05, 3.63) is 35.4 Å². The fourth-order valence-electron chi connectivity index (χ4n) is 2.71. The lowest BCUT2D eigenvalue weighted by Gasteiger charge is -2.16. The minimum Gasteiger partial charge on any atom is -0.212 e. The van der Waals surface area contributed by atoms with E-state index in [0.717, 1.165) is 36.8 Å². The van der Waals surface area contributed by atoms with Crippen molar-refractivity contribution in [2.24, 2.45) is 0 Å². The summed E-state index contributed by atoms with van der Waals surface area (Å²) in [5.74, 6) is 0.0885. The van der Waals surface area contributed by atoms with Gasteiger partial charge in [0.1, 0.15) is 0 Å². The highest BCUT2D eigenvalue weighted by Gasteiger charge is 2.19. The predicted molar refractivity (Wildman–Crippen MR) is 78.4 cm³/mol. The number of aryl methyl sites for hydroxylation is 1. The summed E-state index contributed by atoms with van der Waals surface area (Å²) in [5.41, 5.74) is 1.96. The van der Waals surface area contributed by atoms with Crippen molar-refractivity contribution in [2.75, 3.05) is 0 Å². The molecule has 2 rings (SSSR count). The number of benzene rings is 1. The number of sulfonamides is 1. The quantitative estimate of drug-likeness (QED) is 0.862. The lowest BCUT2D eigenvalue weighted by Crippen LogP contribution is -2.35. The molecular formula is C15H23NO2S. The van der Waals surface area contributed by atoms with Crippen molar-refractivity contribution in [1.29, 1.82) is 0 Å². The van der Waals surface area contributed by atoms with E-state index in [1.165, 1.54) is 12.8 Å². The van der Waals surface area contributed by atoms with Crippen LogP contribution in [0.4, 0.5) is 0 Å². The van der Waals surface area contributed by atoms with Crippen molar-refractivity contribution < 1.29 is 8.42 Å². The first-order chi connectivity index (χ1) is 9.05. The number of nitrogens with one attached hydrogen (secondary N) is 1. The summed E-state index contributed by atoms with van der Waals surface area (Å²) < 4.78 is 27.2. The minimum atomic E-state index is -3.22. The fraction of sp³-hybridized carbons (Fsp3) is 0.600. The zero-order chi connectivity index (χ0) is 13.7. The molecule has 0 unspecified atom stereocenters. The largest absolute Gasteiger partial charge is 0.216 e. The summed E-state index contributed by atoms with van der Waals surface area (Å²) >= 11 is 0. The third-order valence-corrected chi connectivity index (χ3v) is 5.05. The van der Waals surface area contributed by atoms with E-state index in [0.29, 0.717) is 0 Å². The normalized spacial score (nSPS) is 18.2. The van der Waals surface area contributed by atoms with Crippen LogP contribution in [0.2, 0.25) is 0 Å². The molecule has 0 aromatic heterocycles. The van der Waals surface area contributed by atoms with E-state index in [2.05, 4.69) is 4.72 Å². The summed E-state index contributed by atoms with van der Waals surface area (Å²) in [6.45, 7) is 1.98. The topological polar surface area (TPSA) is 46.2 Å². The summed E-state index contributed by atoms with van der Waals surface area (Å²) in [6.07, 6.45) is 6.70. The van der Waals surface area contributed by atoms with Gasteiger partial charge in [-0.1, -0.05) is 55.5 Å². The Bertz CT molecular complexity index is 503. The molecule has 3 nitrogen and oxygen atoms in total. The van der Waals surface area contributed by atoms with Crippen LogP contribution >= 0.6 is 0 Å². The van der Waals surface area contributed by atoms with E-state index in [1.807, 2.05) is 31.2 Å². The average molecular weight is 281 g/mol. The van der Waals surface area contributed by atoms with Gasteiger partial charge in [-0.15, -0.1) is 0 Å². The maximum atomic E-state index is 12.2. The summed E-state index contributed by atoms with van der Waals surface area (Å²) in [5, 5.41) is 0. The first kappa shape index (κ1) is 14.5. The average Bonchev–Trinajstić information content (AvgIpc) is 2.56. The van der Waals surface area contributed by atoms with Gasteiger partial charge in [-0.3, -0.25) is 0 Å². The van der Waals surface area contributed by atoms with Crippen molar-refractivity contribution in [1.82, 2.24) is 4.72 Å². The molecule has 0 aliphatic heterocycles. The van der Waals surface area contributed by atoms with E-state index >= 15 is 0 Å². The molecule has 106 valence electrons. The van der Waals surface area contributed by atoms with Crippen molar-refractivity contribution in [3.63, 3.8) is 0 Å². The van der Waals surface area contributed by atoms with Crippen LogP contribution in [-0.4, -0.2) is 14.5 Å². The second-order valence-corrected chi connectivity index (χ2v) is 7.31. The fourth-order valence-corrected chi connectivity index (χ4v) is 4.16. The molecule has 0 heterocycles. The van der Waals surface area contributed by atoms with Gasteiger partial charge in [-0.25, -0.2) is 13.1 Å². The molecule has 4 heteroatoms. The Balaban J connectivity index is 1.98. The summed E-state index contributed by atoms with van der Waals surface area (Å²) in [4.78, 5) is 0. The molecule has 1 saturated carbocycles. The van der Waals surface area contributed by atoms with Crippen LogP contribution in [0.5, 0.6) is 0 Å². The molecule has 0 atom stereocenters. The van der Waals surface area contributed by atoms with Crippen molar-refractivity contribution >= 4 is 10.0 Å². The Labute approximate surface area is 116 Å². The Morgan fingerprint density at radius 3 is 2.47 bits per heavy atom. The van der Waals surface area contributed by atoms with Crippen LogP contribution < -0.4 is 4.72 Å². The SMILES string of the molecule is Cc1cccc(CS(=O)(=O)NC2CCCCCC2)c1. The summed E-state index contributed by atoms with van der Waals surface area (Å²) in [7, 11) is -3.22. The molecule has 0 bridgehead atoms. The smallest absolute Gasteiger partial charge is 0.212 e. The molecular weight excluding hydrogens is 258 g/mol. The second-order valence-electron chi connectivity index (χ2n) is 5.55. The third-order valence-electron chi connectivity index (χ3n) is 3.64. The molecule has 0 amide bonds. The van der Waals surface area contributed by atoms with Gasteiger partial charge in [-0.2, -0.15) is 0 Å². The summed E-state index contributed by atoms with van der Waals surface area (Å²) in [6, 6.07) is 7.84. The van der Waals surface area contributed by atoms with Crippen LogP contribution in [0, 0.1) is 6.92 Å². The zero-order valence-corrected chi connectivity index (χ0v) is 12.4. The van der Waals surface area contributed by atoms with E-state index < -0.39 is 10.0 Å². The predicted octanol–water partition coefficient (Wildman–Crippen LogP) is 3.14. The van der Waals surface area contributed by atoms with Crippen molar-refractivity contribution in [2.45, 2.75) is 57.2 Å². The zero-order valence-electron chi connectivity index (χ0n) is 11.6. The second kappa shape index (κ2) is 6.53. The van der Waals surface area contributed by atoms with Gasteiger partial charge in [-0.05, 0) is 25.3 Å². The molecule has 1 aromatic carbocycles. The van der Waals surface area contributed by atoms with Crippen molar-refractivity contribution in [3.8, 4) is 0 Å². The standard InChI is InChI=1S/C15H23NO2S/c1-13-7-6-8-14(11-13)12-19(17,18)16-15-9-4-2-3-5-10-15/h6-8,11,15-16H,2-5,9-10,12H2,1H3. The maximum absolute atomic E-state index is 12.2. The minimum absolute atomic E-state index is 0.0885. The molecule has 0 radical (unpaired) electrons. The van der Waals surface area contributed by atoms with Gasteiger partial charge in [0.05, 0.1) is 5.75 Å². The highest BCUT2D eigenvalue weighted by atomic mass is 32.2. The number of hydrogen-bond donors (Lipinski definition) is 1. The Hall–Kier alpha value is -0.870. The van der Waals surface area contributed by atoms with E-state index in [9.17, 15) is 8.42 Å². The lowest BCUT2D eigenvalue weighted by molar-refractivity contribution is 0.509. The molecule has 0 saturated heterocycles. The molecule has 0 spiro atoms. The molecule has 19 heavy (non-hydrogen) atoms. The monoisotopic (exact) mass is 281 g/mol. The number of hydrogen-bond acceptors (Lipinski definition) is 2. The van der Waals surface area contributed by atoms with E-state index in [4.69, 9.17) is 0 Å². The Kier molecular flexibility index (Phi) is 4.99. The highest BCUT2D eigenvalue weighted by molar-refractivity contribution is 7.88. The van der Waals surface area contributed by atoms with Crippen LogP contribution in [0.1, 0.15) is 49.7 Å². The van der Waals surface area contributed by atoms with E-state index in [-0.39, 0.29) is 11.8 Å². The van der Waals surface area contributed by atoms with Crippen LogP contribution in [0.15, 0.2) is 24.3 Å². The van der Waals surface area contributed by atoms with Crippen LogP contribution in [0.3, 0.4) is 0 Å². The number of rotatable bonds is 4. The van der Waals surface area contributed by atoms with Gasteiger partial charge in [0.15, 0.2) is 0 Å². The van der Waals surface area contributed by atoms with Gasteiger partial charge < -0.3 is 0 Å². The molecule has 1 aromatic rings. The van der Waals surface area contributed by atoms with Gasteiger partial charge in [0.25, 0.3) is 0 Å². The highest BCUT2D eigenvalue weighted by Crippen LogP contribution is 2.18. The van der Waals surface area contributed by atoms with Gasteiger partial charge in [0.2, 0.25) is 10.0 Å². The van der Waals surface area contributed by atoms with E-state index in [1.54, 1.807) is 0 Å². The van der Waals surface area contributed by atoms with Crippen LogP contribution in [-0.2, 0) is 15.8 Å². The molecule has 1 aliphatic carbocycles. The Morgan fingerprint density at radius 2 is 1.84 bits per heavy atom. The van der Waals surface area contributed by atoms with Gasteiger partial charge >= 0.3 is 0 Å². The van der Waals surface area contributed by atoms with Gasteiger partial charge in [0, 0.05) is 6.04 Å². The first-order valence-electron chi connectivity index (χ1n) is 7.11. The first-order valence-corrected chi connectivity index (χ1v) is 8.76. The molecule has 1 fully saturated rings. The molecule has 1 N–H and O–H groups in total.